The van der Waals surface area contributed by atoms with Gasteiger partial charge in [-0.1, -0.05) is 30.3 Å². The lowest BCUT2D eigenvalue weighted by atomic mass is 9.94. The molecule has 6 nitrogen and oxygen atoms in total. The number of nitrogens with one attached hydrogen (secondary N) is 3. The molecule has 6 heteroatoms. The zero-order valence-corrected chi connectivity index (χ0v) is 13.6. The van der Waals surface area contributed by atoms with Crippen molar-refractivity contribution in [3.05, 3.63) is 78.9 Å². The standard InChI is InChI=1S/C19H19N5O/c25-19(17-12-21-23-18(17)14-4-2-1-3-5-14)22-15-6-8-16(9-7-15)24-11-10-20-13-24/h1-11,13,17-18,21,23H,12H2,(H,22,25). The average Bonchev–Trinajstić information content (AvgIpc) is 3.35. The van der Waals surface area contributed by atoms with Gasteiger partial charge in [-0.15, -0.1) is 0 Å². The third kappa shape index (κ3) is 3.31. The maximum atomic E-state index is 12.7. The minimum atomic E-state index is -0.171. The highest BCUT2D eigenvalue weighted by Gasteiger charge is 2.33. The van der Waals surface area contributed by atoms with Crippen molar-refractivity contribution in [3.8, 4) is 5.69 Å². The van der Waals surface area contributed by atoms with Crippen LogP contribution in [-0.2, 0) is 4.79 Å². The first-order chi connectivity index (χ1) is 12.3. The number of hydrogen-bond acceptors (Lipinski definition) is 4. The third-order valence-electron chi connectivity index (χ3n) is 4.41. The fourth-order valence-electron chi connectivity index (χ4n) is 3.08. The highest BCUT2D eigenvalue weighted by atomic mass is 16.2. The Morgan fingerprint density at radius 3 is 2.64 bits per heavy atom. The van der Waals surface area contributed by atoms with Gasteiger partial charge in [-0.05, 0) is 29.8 Å². The number of amides is 1. The van der Waals surface area contributed by atoms with Crippen molar-refractivity contribution < 1.29 is 4.79 Å². The number of benzene rings is 2. The summed E-state index contributed by atoms with van der Waals surface area (Å²) in [6.07, 6.45) is 5.36. The van der Waals surface area contributed by atoms with Crippen molar-refractivity contribution in [1.82, 2.24) is 20.4 Å². The van der Waals surface area contributed by atoms with E-state index < -0.39 is 0 Å². The van der Waals surface area contributed by atoms with Gasteiger partial charge >= 0.3 is 0 Å². The van der Waals surface area contributed by atoms with Crippen LogP contribution in [0.3, 0.4) is 0 Å². The van der Waals surface area contributed by atoms with E-state index in [0.717, 1.165) is 16.9 Å². The summed E-state index contributed by atoms with van der Waals surface area (Å²) in [5.41, 5.74) is 9.18. The molecule has 3 aromatic rings. The molecule has 1 saturated heterocycles. The fraction of sp³-hybridized carbons (Fsp3) is 0.158. The molecule has 1 aliphatic rings. The van der Waals surface area contributed by atoms with Gasteiger partial charge in [0.25, 0.3) is 0 Å². The number of imidazole rings is 1. The molecule has 1 aromatic heterocycles. The predicted molar refractivity (Wildman–Crippen MR) is 96.0 cm³/mol. The fourth-order valence-corrected chi connectivity index (χ4v) is 3.08. The molecule has 2 aromatic carbocycles. The molecule has 1 fully saturated rings. The maximum absolute atomic E-state index is 12.7. The van der Waals surface area contributed by atoms with E-state index in [2.05, 4.69) is 21.2 Å². The van der Waals surface area contributed by atoms with Crippen LogP contribution in [0.2, 0.25) is 0 Å². The average molecular weight is 333 g/mol. The Bertz CT molecular complexity index is 830. The lowest BCUT2D eigenvalue weighted by molar-refractivity contribution is -0.119. The molecule has 1 aliphatic heterocycles. The van der Waals surface area contributed by atoms with Crippen molar-refractivity contribution in [2.75, 3.05) is 11.9 Å². The van der Waals surface area contributed by atoms with Crippen LogP contribution in [-0.4, -0.2) is 22.0 Å². The highest BCUT2D eigenvalue weighted by molar-refractivity contribution is 5.93. The number of carbonyl (C=O) groups excluding carboxylic acids is 1. The molecule has 25 heavy (non-hydrogen) atoms. The molecule has 2 unspecified atom stereocenters. The van der Waals surface area contributed by atoms with Crippen molar-refractivity contribution in [1.29, 1.82) is 0 Å². The van der Waals surface area contributed by atoms with Crippen LogP contribution in [0.15, 0.2) is 73.3 Å². The molecule has 0 bridgehead atoms. The van der Waals surface area contributed by atoms with Gasteiger partial charge in [-0.2, -0.15) is 0 Å². The van der Waals surface area contributed by atoms with Crippen molar-refractivity contribution in [2.24, 2.45) is 5.92 Å². The molecule has 3 N–H and O–H groups in total. The Balaban J connectivity index is 1.46. The van der Waals surface area contributed by atoms with E-state index in [4.69, 9.17) is 0 Å². The van der Waals surface area contributed by atoms with Crippen molar-refractivity contribution in [2.45, 2.75) is 6.04 Å². The second kappa shape index (κ2) is 6.88. The molecular formula is C19H19N5O. The van der Waals surface area contributed by atoms with Crippen LogP contribution in [0, 0.1) is 5.92 Å². The third-order valence-corrected chi connectivity index (χ3v) is 4.41. The topological polar surface area (TPSA) is 71.0 Å². The summed E-state index contributed by atoms with van der Waals surface area (Å²) in [6.45, 7) is 0.596. The maximum Gasteiger partial charge on any atom is 0.230 e. The molecule has 0 radical (unpaired) electrons. The van der Waals surface area contributed by atoms with Gasteiger partial charge < -0.3 is 9.88 Å². The predicted octanol–water partition coefficient (Wildman–Crippen LogP) is 2.28. The molecule has 126 valence electrons. The van der Waals surface area contributed by atoms with E-state index in [-0.39, 0.29) is 17.9 Å². The normalized spacial score (nSPS) is 19.7. The van der Waals surface area contributed by atoms with Crippen LogP contribution in [0.5, 0.6) is 0 Å². The summed E-state index contributed by atoms with van der Waals surface area (Å²) < 4.78 is 1.92. The van der Waals surface area contributed by atoms with Crippen molar-refractivity contribution >= 4 is 11.6 Å². The van der Waals surface area contributed by atoms with Gasteiger partial charge in [-0.3, -0.25) is 10.2 Å². The minimum Gasteiger partial charge on any atom is -0.326 e. The van der Waals surface area contributed by atoms with E-state index in [1.54, 1.807) is 12.5 Å². The number of aromatic nitrogens is 2. The van der Waals surface area contributed by atoms with E-state index in [0.29, 0.717) is 6.54 Å². The summed E-state index contributed by atoms with van der Waals surface area (Å²) in [4.78, 5) is 16.7. The Labute approximate surface area is 145 Å². The first-order valence-corrected chi connectivity index (χ1v) is 8.24. The Hall–Kier alpha value is -2.96. The summed E-state index contributed by atoms with van der Waals surface area (Å²) in [7, 11) is 0. The monoisotopic (exact) mass is 333 g/mol. The highest BCUT2D eigenvalue weighted by Crippen LogP contribution is 2.26. The lowest BCUT2D eigenvalue weighted by Gasteiger charge is -2.18. The first-order valence-electron chi connectivity index (χ1n) is 8.24. The van der Waals surface area contributed by atoms with Crippen molar-refractivity contribution in [3.63, 3.8) is 0 Å². The zero-order chi connectivity index (χ0) is 17.1. The Morgan fingerprint density at radius 2 is 1.92 bits per heavy atom. The molecule has 0 saturated carbocycles. The van der Waals surface area contributed by atoms with Crippen LogP contribution >= 0.6 is 0 Å². The minimum absolute atomic E-state index is 0.00161. The molecular weight excluding hydrogens is 314 g/mol. The number of anilines is 1. The summed E-state index contributed by atoms with van der Waals surface area (Å²) in [6, 6.07) is 17.7. The van der Waals surface area contributed by atoms with Crippen LogP contribution in [0.4, 0.5) is 5.69 Å². The van der Waals surface area contributed by atoms with Crippen LogP contribution in [0.25, 0.3) is 5.69 Å². The molecule has 0 spiro atoms. The first kappa shape index (κ1) is 15.6. The SMILES string of the molecule is O=C(Nc1ccc(-n2ccnc2)cc1)C1CNNC1c1ccccc1. The smallest absolute Gasteiger partial charge is 0.230 e. The number of rotatable bonds is 4. The van der Waals surface area contributed by atoms with Gasteiger partial charge in [0.05, 0.1) is 18.3 Å². The number of carbonyl (C=O) groups is 1. The van der Waals surface area contributed by atoms with E-state index in [9.17, 15) is 4.79 Å². The zero-order valence-electron chi connectivity index (χ0n) is 13.6. The van der Waals surface area contributed by atoms with Gasteiger partial charge in [0.15, 0.2) is 0 Å². The largest absolute Gasteiger partial charge is 0.326 e. The lowest BCUT2D eigenvalue weighted by Crippen LogP contribution is -2.29. The Morgan fingerprint density at radius 1 is 1.12 bits per heavy atom. The van der Waals surface area contributed by atoms with Gasteiger partial charge in [0.2, 0.25) is 5.91 Å². The number of hydrogen-bond donors (Lipinski definition) is 3. The quantitative estimate of drug-likeness (QED) is 0.685. The van der Waals surface area contributed by atoms with E-state index >= 15 is 0 Å². The van der Waals surface area contributed by atoms with Gasteiger partial charge in [0, 0.05) is 30.3 Å². The summed E-state index contributed by atoms with van der Waals surface area (Å²) >= 11 is 0. The van der Waals surface area contributed by atoms with E-state index in [1.165, 1.54) is 0 Å². The molecule has 2 atom stereocenters. The van der Waals surface area contributed by atoms with E-state index in [1.807, 2.05) is 65.4 Å². The number of hydrazine groups is 1. The number of nitrogens with zero attached hydrogens (tertiary/aromatic N) is 2. The molecule has 4 rings (SSSR count). The second-order valence-electron chi connectivity index (χ2n) is 6.03. The Kier molecular flexibility index (Phi) is 4.28. The summed E-state index contributed by atoms with van der Waals surface area (Å²) in [5, 5.41) is 3.01. The van der Waals surface area contributed by atoms with Crippen LogP contribution in [0.1, 0.15) is 11.6 Å². The van der Waals surface area contributed by atoms with Gasteiger partial charge in [-0.25, -0.2) is 10.4 Å². The molecule has 1 amide bonds. The summed E-state index contributed by atoms with van der Waals surface area (Å²) in [5.74, 6) is -0.169. The molecule has 2 heterocycles. The molecule has 0 aliphatic carbocycles. The second-order valence-corrected chi connectivity index (χ2v) is 6.03. The van der Waals surface area contributed by atoms with Crippen LogP contribution < -0.4 is 16.2 Å². The van der Waals surface area contributed by atoms with Gasteiger partial charge in [0.1, 0.15) is 0 Å².